The number of hydrogen-bond donors (Lipinski definition) is 3. The number of hydrogen-bond acceptors (Lipinski definition) is 4. The Kier molecular flexibility index (Phi) is 7.28. The second-order valence-electron chi connectivity index (χ2n) is 7.00. The molecule has 0 saturated carbocycles. The van der Waals surface area contributed by atoms with E-state index in [4.69, 9.17) is 5.11 Å². The predicted octanol–water partition coefficient (Wildman–Crippen LogP) is 1.75. The molecule has 0 saturated heterocycles. The Morgan fingerprint density at radius 1 is 1.23 bits per heavy atom. The van der Waals surface area contributed by atoms with E-state index in [-0.39, 0.29) is 13.0 Å². The molecule has 1 aromatic carbocycles. The largest absolute Gasteiger partial charge is 0.481 e. The normalized spacial score (nSPS) is 13.5. The minimum absolute atomic E-state index is 0.0722. The van der Waals surface area contributed by atoms with E-state index in [0.29, 0.717) is 0 Å². The zero-order chi connectivity index (χ0) is 20.1. The summed E-state index contributed by atoms with van der Waals surface area (Å²) in [5, 5.41) is 11.6. The first-order chi connectivity index (χ1) is 11.9. The summed E-state index contributed by atoms with van der Waals surface area (Å²) in [4.78, 5) is 22.9. The first-order valence-electron chi connectivity index (χ1n) is 8.16. The highest BCUT2D eigenvalue weighted by molar-refractivity contribution is 7.89. The van der Waals surface area contributed by atoms with Crippen LogP contribution in [0.4, 0.5) is 4.39 Å². The molecule has 0 fully saturated rings. The fraction of sp³-hybridized carbons (Fsp3) is 0.529. The molecule has 0 radical (unpaired) electrons. The van der Waals surface area contributed by atoms with E-state index in [1.165, 1.54) is 26.0 Å². The fourth-order valence-corrected chi connectivity index (χ4v) is 3.52. The Balaban J connectivity index is 2.85. The van der Waals surface area contributed by atoms with E-state index < -0.39 is 50.0 Å². The molecule has 0 spiro atoms. The Labute approximate surface area is 153 Å². The van der Waals surface area contributed by atoms with E-state index in [1.807, 2.05) is 0 Å². The van der Waals surface area contributed by atoms with Crippen molar-refractivity contribution < 1.29 is 27.5 Å². The van der Waals surface area contributed by atoms with Crippen LogP contribution in [-0.2, 0) is 19.6 Å². The first-order valence-corrected chi connectivity index (χ1v) is 9.65. The Morgan fingerprint density at radius 2 is 1.81 bits per heavy atom. The minimum atomic E-state index is -4.23. The lowest BCUT2D eigenvalue weighted by atomic mass is 9.89. The van der Waals surface area contributed by atoms with Crippen LogP contribution in [0.3, 0.4) is 0 Å². The molecule has 146 valence electrons. The van der Waals surface area contributed by atoms with Crippen LogP contribution in [-0.4, -0.2) is 38.0 Å². The number of aliphatic carboxylic acids is 1. The van der Waals surface area contributed by atoms with E-state index in [1.54, 1.807) is 13.8 Å². The van der Waals surface area contributed by atoms with Crippen molar-refractivity contribution in [2.75, 3.05) is 6.54 Å². The monoisotopic (exact) mass is 388 g/mol. The lowest BCUT2D eigenvalue weighted by Crippen LogP contribution is -2.50. The summed E-state index contributed by atoms with van der Waals surface area (Å²) in [5.41, 5.74) is -1.02. The van der Waals surface area contributed by atoms with Crippen LogP contribution in [0.1, 0.15) is 34.1 Å². The molecule has 3 N–H and O–H groups in total. The average molecular weight is 388 g/mol. The van der Waals surface area contributed by atoms with E-state index >= 15 is 0 Å². The van der Waals surface area contributed by atoms with Crippen molar-refractivity contribution in [3.63, 3.8) is 0 Å². The molecule has 1 unspecified atom stereocenters. The molecule has 0 aliphatic heterocycles. The third-order valence-electron chi connectivity index (χ3n) is 3.99. The van der Waals surface area contributed by atoms with Crippen molar-refractivity contribution in [1.29, 1.82) is 0 Å². The Hall–Kier alpha value is -2.00. The molecule has 0 heterocycles. The summed E-state index contributed by atoms with van der Waals surface area (Å²) >= 11 is 0. The maximum atomic E-state index is 13.8. The lowest BCUT2D eigenvalue weighted by Gasteiger charge is -2.23. The van der Waals surface area contributed by atoms with Gasteiger partial charge in [0.25, 0.3) is 0 Å². The van der Waals surface area contributed by atoms with E-state index in [0.717, 1.165) is 12.1 Å². The van der Waals surface area contributed by atoms with Gasteiger partial charge in [0.2, 0.25) is 15.9 Å². The van der Waals surface area contributed by atoms with Crippen molar-refractivity contribution in [2.45, 2.75) is 45.1 Å². The smallest absolute Gasteiger partial charge is 0.309 e. The van der Waals surface area contributed by atoms with Crippen LogP contribution in [0.15, 0.2) is 29.2 Å². The van der Waals surface area contributed by atoms with Gasteiger partial charge < -0.3 is 10.4 Å². The molecule has 26 heavy (non-hydrogen) atoms. The van der Waals surface area contributed by atoms with Gasteiger partial charge in [-0.05, 0) is 38.3 Å². The number of nitrogens with one attached hydrogen (secondary N) is 2. The summed E-state index contributed by atoms with van der Waals surface area (Å²) in [6, 6.07) is 3.77. The molecule has 1 aromatic rings. The molecular weight excluding hydrogens is 363 g/mol. The molecular formula is C17H25FN2O5S. The number of sulfonamides is 1. The van der Waals surface area contributed by atoms with Gasteiger partial charge in [0.1, 0.15) is 16.8 Å². The minimum Gasteiger partial charge on any atom is -0.481 e. The number of carboxylic acids is 1. The van der Waals surface area contributed by atoms with Crippen molar-refractivity contribution in [1.82, 2.24) is 10.0 Å². The molecule has 7 nitrogen and oxygen atoms in total. The number of benzene rings is 1. The summed E-state index contributed by atoms with van der Waals surface area (Å²) in [5.74, 6) is -2.90. The SMILES string of the molecule is CC(C)C(NS(=O)(=O)c1ccccc1F)C(=O)NCCC(C)(C)C(=O)O. The van der Waals surface area contributed by atoms with Gasteiger partial charge in [0.05, 0.1) is 5.41 Å². The van der Waals surface area contributed by atoms with Gasteiger partial charge in [-0.2, -0.15) is 4.72 Å². The molecule has 0 aromatic heterocycles. The molecule has 1 amide bonds. The highest BCUT2D eigenvalue weighted by Gasteiger charge is 2.31. The zero-order valence-electron chi connectivity index (χ0n) is 15.2. The Bertz CT molecular complexity index is 762. The molecule has 0 aliphatic carbocycles. The van der Waals surface area contributed by atoms with Crippen LogP contribution in [0.2, 0.25) is 0 Å². The molecule has 1 rings (SSSR count). The van der Waals surface area contributed by atoms with Crippen molar-refractivity contribution >= 4 is 21.9 Å². The van der Waals surface area contributed by atoms with Crippen molar-refractivity contribution in [2.24, 2.45) is 11.3 Å². The molecule has 1 atom stereocenters. The summed E-state index contributed by atoms with van der Waals surface area (Å²) in [6.07, 6.45) is 0.180. The van der Waals surface area contributed by atoms with Gasteiger partial charge in [0, 0.05) is 6.54 Å². The topological polar surface area (TPSA) is 113 Å². The third kappa shape index (κ3) is 5.77. The number of rotatable bonds is 9. The van der Waals surface area contributed by atoms with Gasteiger partial charge in [-0.3, -0.25) is 9.59 Å². The van der Waals surface area contributed by atoms with E-state index in [2.05, 4.69) is 10.0 Å². The van der Waals surface area contributed by atoms with Crippen molar-refractivity contribution in [3.05, 3.63) is 30.1 Å². The molecule has 0 bridgehead atoms. The summed E-state index contributed by atoms with van der Waals surface area (Å²) < 4.78 is 40.8. The van der Waals surface area contributed by atoms with Crippen LogP contribution in [0, 0.1) is 17.2 Å². The fourth-order valence-electron chi connectivity index (χ4n) is 2.10. The average Bonchev–Trinajstić information content (AvgIpc) is 2.52. The number of carbonyl (C=O) groups excluding carboxylic acids is 1. The summed E-state index contributed by atoms with van der Waals surface area (Å²) in [6.45, 7) is 6.43. The number of halogens is 1. The van der Waals surface area contributed by atoms with Gasteiger partial charge in [-0.1, -0.05) is 26.0 Å². The third-order valence-corrected chi connectivity index (χ3v) is 5.46. The van der Waals surface area contributed by atoms with Gasteiger partial charge >= 0.3 is 5.97 Å². The van der Waals surface area contributed by atoms with E-state index in [9.17, 15) is 22.4 Å². The highest BCUT2D eigenvalue weighted by atomic mass is 32.2. The van der Waals surface area contributed by atoms with Crippen molar-refractivity contribution in [3.8, 4) is 0 Å². The lowest BCUT2D eigenvalue weighted by molar-refractivity contribution is -0.147. The first kappa shape index (κ1) is 22.0. The van der Waals surface area contributed by atoms with Crippen LogP contribution in [0.5, 0.6) is 0 Å². The van der Waals surface area contributed by atoms with Crippen LogP contribution < -0.4 is 10.0 Å². The zero-order valence-corrected chi connectivity index (χ0v) is 16.1. The Morgan fingerprint density at radius 3 is 2.31 bits per heavy atom. The van der Waals surface area contributed by atoms with Crippen LogP contribution in [0.25, 0.3) is 0 Å². The number of amides is 1. The standard InChI is InChI=1S/C17H25FN2O5S/c1-11(2)14(15(21)19-10-9-17(3,4)16(22)23)20-26(24,25)13-8-6-5-7-12(13)18/h5-8,11,14,20H,9-10H2,1-4H3,(H,19,21)(H,22,23). The summed E-state index contributed by atoms with van der Waals surface area (Å²) in [7, 11) is -4.23. The number of carboxylic acid groups (broad SMARTS) is 1. The second-order valence-corrected chi connectivity index (χ2v) is 8.69. The highest BCUT2D eigenvalue weighted by Crippen LogP contribution is 2.19. The van der Waals surface area contributed by atoms with Gasteiger partial charge in [-0.15, -0.1) is 0 Å². The number of carbonyl (C=O) groups is 2. The van der Waals surface area contributed by atoms with Crippen LogP contribution >= 0.6 is 0 Å². The van der Waals surface area contributed by atoms with Gasteiger partial charge in [-0.25, -0.2) is 12.8 Å². The predicted molar refractivity (Wildman–Crippen MR) is 94.4 cm³/mol. The maximum absolute atomic E-state index is 13.8. The molecule has 0 aliphatic rings. The second kappa shape index (κ2) is 8.59. The van der Waals surface area contributed by atoms with Gasteiger partial charge in [0.15, 0.2) is 0 Å². The maximum Gasteiger partial charge on any atom is 0.309 e. The molecule has 9 heteroatoms. The quantitative estimate of drug-likeness (QED) is 0.596.